The summed E-state index contributed by atoms with van der Waals surface area (Å²) >= 11 is 6.27. The van der Waals surface area contributed by atoms with Crippen molar-refractivity contribution in [2.45, 2.75) is 52.0 Å². The fourth-order valence-electron chi connectivity index (χ4n) is 3.41. The van der Waals surface area contributed by atoms with Crippen LogP contribution in [0, 0.1) is 18.8 Å². The zero-order chi connectivity index (χ0) is 13.8. The molecule has 1 saturated carbocycles. The van der Waals surface area contributed by atoms with Crippen molar-refractivity contribution in [2.24, 2.45) is 11.8 Å². The van der Waals surface area contributed by atoms with Crippen LogP contribution >= 0.6 is 11.6 Å². The largest absolute Gasteiger partial charge is 0.313 e. The van der Waals surface area contributed by atoms with Crippen molar-refractivity contribution >= 4 is 11.6 Å². The molecule has 1 aromatic carbocycles. The molecule has 2 rings (SSSR count). The van der Waals surface area contributed by atoms with E-state index in [0.717, 1.165) is 22.4 Å². The number of rotatable bonds is 4. The lowest BCUT2D eigenvalue weighted by atomic mass is 9.76. The van der Waals surface area contributed by atoms with Crippen molar-refractivity contribution in [1.29, 1.82) is 0 Å². The number of hydrogen-bond acceptors (Lipinski definition) is 1. The van der Waals surface area contributed by atoms with Gasteiger partial charge in [-0.2, -0.15) is 0 Å². The number of halogens is 1. The molecule has 0 bridgehead atoms. The maximum absolute atomic E-state index is 6.27. The third kappa shape index (κ3) is 3.52. The molecule has 0 aromatic heterocycles. The van der Waals surface area contributed by atoms with Crippen LogP contribution in [0.4, 0.5) is 0 Å². The summed E-state index contributed by atoms with van der Waals surface area (Å²) in [6.07, 6.45) is 6.80. The zero-order valence-corrected chi connectivity index (χ0v) is 13.1. The number of benzene rings is 1. The lowest BCUT2D eigenvalue weighted by Crippen LogP contribution is -2.28. The summed E-state index contributed by atoms with van der Waals surface area (Å²) in [5, 5.41) is 4.40. The highest BCUT2D eigenvalue weighted by atomic mass is 35.5. The lowest BCUT2D eigenvalue weighted by Gasteiger charge is -2.34. The maximum Gasteiger partial charge on any atom is 0.0438 e. The Kier molecular flexibility index (Phi) is 5.29. The molecule has 106 valence electrons. The predicted molar refractivity (Wildman–Crippen MR) is 83.7 cm³/mol. The van der Waals surface area contributed by atoms with Gasteiger partial charge in [-0.05, 0) is 55.8 Å². The fourth-order valence-corrected chi connectivity index (χ4v) is 3.60. The summed E-state index contributed by atoms with van der Waals surface area (Å²) in [6, 6.07) is 6.97. The normalized spacial score (nSPS) is 25.3. The van der Waals surface area contributed by atoms with E-state index in [0.29, 0.717) is 6.04 Å². The van der Waals surface area contributed by atoms with E-state index in [1.807, 2.05) is 0 Å². The Hall–Kier alpha value is -0.530. The quantitative estimate of drug-likeness (QED) is 0.806. The van der Waals surface area contributed by atoms with Gasteiger partial charge in [-0.25, -0.2) is 0 Å². The van der Waals surface area contributed by atoms with Crippen LogP contribution in [0.3, 0.4) is 0 Å². The first kappa shape index (κ1) is 14.9. The van der Waals surface area contributed by atoms with Crippen LogP contribution in [0.5, 0.6) is 0 Å². The molecular weight excluding hydrogens is 254 g/mol. The third-order valence-corrected chi connectivity index (χ3v) is 5.21. The van der Waals surface area contributed by atoms with Crippen LogP contribution in [-0.4, -0.2) is 7.05 Å². The van der Waals surface area contributed by atoms with E-state index in [9.17, 15) is 0 Å². The highest BCUT2D eigenvalue weighted by Gasteiger charge is 2.27. The SMILES string of the molecule is CCC1CCC(C(NC)c2ccc(C)c(Cl)c2)CC1. The van der Waals surface area contributed by atoms with Crippen molar-refractivity contribution in [3.63, 3.8) is 0 Å². The molecule has 19 heavy (non-hydrogen) atoms. The molecule has 1 aliphatic rings. The van der Waals surface area contributed by atoms with E-state index in [1.54, 1.807) is 0 Å². The van der Waals surface area contributed by atoms with Crippen molar-refractivity contribution in [2.75, 3.05) is 7.05 Å². The van der Waals surface area contributed by atoms with Gasteiger partial charge >= 0.3 is 0 Å². The minimum absolute atomic E-state index is 0.455. The van der Waals surface area contributed by atoms with Crippen LogP contribution in [0.15, 0.2) is 18.2 Å². The van der Waals surface area contributed by atoms with E-state index in [2.05, 4.69) is 44.4 Å². The van der Waals surface area contributed by atoms with E-state index in [4.69, 9.17) is 11.6 Å². The van der Waals surface area contributed by atoms with Crippen molar-refractivity contribution < 1.29 is 0 Å². The number of hydrogen-bond donors (Lipinski definition) is 1. The maximum atomic E-state index is 6.27. The predicted octanol–water partition coefficient (Wildman–Crippen LogP) is 5.13. The van der Waals surface area contributed by atoms with Gasteiger partial charge in [-0.15, -0.1) is 0 Å². The highest BCUT2D eigenvalue weighted by Crippen LogP contribution is 2.38. The van der Waals surface area contributed by atoms with E-state index in [1.165, 1.54) is 37.7 Å². The fraction of sp³-hybridized carbons (Fsp3) is 0.647. The lowest BCUT2D eigenvalue weighted by molar-refractivity contribution is 0.224. The Morgan fingerprint density at radius 1 is 1.26 bits per heavy atom. The minimum atomic E-state index is 0.455. The molecule has 1 fully saturated rings. The van der Waals surface area contributed by atoms with E-state index >= 15 is 0 Å². The Morgan fingerprint density at radius 3 is 2.47 bits per heavy atom. The van der Waals surface area contributed by atoms with Gasteiger partial charge in [0.1, 0.15) is 0 Å². The topological polar surface area (TPSA) is 12.0 Å². The van der Waals surface area contributed by atoms with Gasteiger partial charge in [0.05, 0.1) is 0 Å². The summed E-state index contributed by atoms with van der Waals surface area (Å²) in [4.78, 5) is 0. The van der Waals surface area contributed by atoms with Gasteiger partial charge < -0.3 is 5.32 Å². The van der Waals surface area contributed by atoms with Crippen molar-refractivity contribution in [1.82, 2.24) is 5.32 Å². The standard InChI is InChI=1S/C17H26ClN/c1-4-13-6-9-14(10-7-13)17(19-3)15-8-5-12(2)16(18)11-15/h5,8,11,13-14,17,19H,4,6-7,9-10H2,1-3H3. The second kappa shape index (κ2) is 6.76. The molecule has 1 unspecified atom stereocenters. The van der Waals surface area contributed by atoms with Gasteiger partial charge in [-0.3, -0.25) is 0 Å². The average Bonchev–Trinajstić information content (AvgIpc) is 2.44. The first-order chi connectivity index (χ1) is 9.15. The Bertz CT molecular complexity index is 408. The van der Waals surface area contributed by atoms with Crippen molar-refractivity contribution in [3.05, 3.63) is 34.3 Å². The van der Waals surface area contributed by atoms with Gasteiger partial charge in [0.15, 0.2) is 0 Å². The first-order valence-corrected chi connectivity index (χ1v) is 7.96. The molecule has 1 aromatic rings. The summed E-state index contributed by atoms with van der Waals surface area (Å²) in [5.74, 6) is 1.71. The molecule has 0 spiro atoms. The zero-order valence-electron chi connectivity index (χ0n) is 12.4. The molecular formula is C17H26ClN. The summed E-state index contributed by atoms with van der Waals surface area (Å²) < 4.78 is 0. The Balaban J connectivity index is 2.09. The van der Waals surface area contributed by atoms with Crippen LogP contribution < -0.4 is 5.32 Å². The average molecular weight is 280 g/mol. The first-order valence-electron chi connectivity index (χ1n) is 7.59. The smallest absolute Gasteiger partial charge is 0.0438 e. The monoisotopic (exact) mass is 279 g/mol. The third-order valence-electron chi connectivity index (χ3n) is 4.81. The second-order valence-electron chi connectivity index (χ2n) is 5.96. The highest BCUT2D eigenvalue weighted by molar-refractivity contribution is 6.31. The molecule has 1 N–H and O–H groups in total. The minimum Gasteiger partial charge on any atom is -0.313 e. The van der Waals surface area contributed by atoms with Crippen molar-refractivity contribution in [3.8, 4) is 0 Å². The summed E-state index contributed by atoms with van der Waals surface area (Å²) in [7, 11) is 2.07. The molecule has 1 aliphatic carbocycles. The molecule has 1 atom stereocenters. The molecule has 0 heterocycles. The number of nitrogens with one attached hydrogen (secondary N) is 1. The molecule has 0 saturated heterocycles. The summed E-state index contributed by atoms with van der Waals surface area (Å²) in [6.45, 7) is 4.38. The molecule has 1 nitrogen and oxygen atoms in total. The molecule has 2 heteroatoms. The van der Waals surface area contributed by atoms with Gasteiger partial charge in [0, 0.05) is 11.1 Å². The second-order valence-corrected chi connectivity index (χ2v) is 6.37. The van der Waals surface area contributed by atoms with Gasteiger partial charge in [0.25, 0.3) is 0 Å². The summed E-state index contributed by atoms with van der Waals surface area (Å²) in [5.41, 5.74) is 2.51. The Labute approximate surface area is 122 Å². The van der Waals surface area contributed by atoms with Crippen LogP contribution in [0.1, 0.15) is 56.2 Å². The van der Waals surface area contributed by atoms with E-state index < -0.39 is 0 Å². The Morgan fingerprint density at radius 2 is 1.95 bits per heavy atom. The number of aryl methyl sites for hydroxylation is 1. The molecule has 0 aliphatic heterocycles. The van der Waals surface area contributed by atoms with Gasteiger partial charge in [0.2, 0.25) is 0 Å². The van der Waals surface area contributed by atoms with Crippen LogP contribution in [0.25, 0.3) is 0 Å². The van der Waals surface area contributed by atoms with Crippen LogP contribution in [-0.2, 0) is 0 Å². The van der Waals surface area contributed by atoms with E-state index in [-0.39, 0.29) is 0 Å². The van der Waals surface area contributed by atoms with Crippen LogP contribution in [0.2, 0.25) is 5.02 Å². The molecule has 0 radical (unpaired) electrons. The molecule has 0 amide bonds. The van der Waals surface area contributed by atoms with Gasteiger partial charge in [-0.1, -0.05) is 49.9 Å².